The van der Waals surface area contributed by atoms with Crippen LogP contribution >= 0.6 is 0 Å². The molecule has 0 bridgehead atoms. The van der Waals surface area contributed by atoms with Gasteiger partial charge in [-0.1, -0.05) is 11.2 Å². The summed E-state index contributed by atoms with van der Waals surface area (Å²) in [4.78, 5) is 4.24. The van der Waals surface area contributed by atoms with E-state index in [4.69, 9.17) is 10.9 Å². The van der Waals surface area contributed by atoms with E-state index in [2.05, 4.69) is 15.0 Å². The number of oxime groups is 1. The van der Waals surface area contributed by atoms with Crippen molar-refractivity contribution in [2.45, 2.75) is 6.54 Å². The summed E-state index contributed by atoms with van der Waals surface area (Å²) in [5.74, 6) is -1.44. The van der Waals surface area contributed by atoms with Crippen LogP contribution in [0.15, 0.2) is 23.4 Å². The van der Waals surface area contributed by atoms with E-state index in [9.17, 15) is 8.78 Å². The number of amidine groups is 1. The zero-order valence-corrected chi connectivity index (χ0v) is 11.1. The van der Waals surface area contributed by atoms with Crippen LogP contribution in [0.2, 0.25) is 0 Å². The molecule has 1 saturated heterocycles. The fourth-order valence-electron chi connectivity index (χ4n) is 2.26. The molecular formula is C13H18F2N4O. The highest BCUT2D eigenvalue weighted by atomic mass is 19.2. The van der Waals surface area contributed by atoms with Crippen molar-refractivity contribution in [1.82, 2.24) is 9.80 Å². The molecule has 0 amide bonds. The number of hydrogen-bond acceptors (Lipinski definition) is 4. The Bertz CT molecular complexity index is 487. The van der Waals surface area contributed by atoms with E-state index in [0.717, 1.165) is 37.8 Å². The summed E-state index contributed by atoms with van der Waals surface area (Å²) in [7, 11) is 0. The van der Waals surface area contributed by atoms with Gasteiger partial charge < -0.3 is 10.9 Å². The predicted molar refractivity (Wildman–Crippen MR) is 71.5 cm³/mol. The Hall–Kier alpha value is -1.73. The van der Waals surface area contributed by atoms with Gasteiger partial charge >= 0.3 is 0 Å². The van der Waals surface area contributed by atoms with E-state index in [0.29, 0.717) is 13.1 Å². The summed E-state index contributed by atoms with van der Waals surface area (Å²) in [6.45, 7) is 4.22. The first-order chi connectivity index (χ1) is 9.58. The third-order valence-corrected chi connectivity index (χ3v) is 3.37. The van der Waals surface area contributed by atoms with Gasteiger partial charge in [0, 0.05) is 32.7 Å². The number of benzene rings is 1. The minimum atomic E-state index is -0.822. The van der Waals surface area contributed by atoms with Gasteiger partial charge in [-0.2, -0.15) is 0 Å². The molecule has 20 heavy (non-hydrogen) atoms. The maximum Gasteiger partial charge on any atom is 0.159 e. The molecular weight excluding hydrogens is 266 g/mol. The van der Waals surface area contributed by atoms with Gasteiger partial charge in [0.05, 0.1) is 6.54 Å². The number of nitrogens with two attached hydrogens (primary N) is 1. The van der Waals surface area contributed by atoms with Crippen molar-refractivity contribution in [1.29, 1.82) is 0 Å². The highest BCUT2D eigenvalue weighted by molar-refractivity contribution is 5.81. The molecule has 2 rings (SSSR count). The molecule has 5 nitrogen and oxygen atoms in total. The first-order valence-electron chi connectivity index (χ1n) is 6.43. The molecule has 0 aliphatic carbocycles. The van der Waals surface area contributed by atoms with Gasteiger partial charge in [0.15, 0.2) is 17.5 Å². The molecule has 0 atom stereocenters. The normalized spacial score (nSPS) is 18.4. The quantitative estimate of drug-likeness (QED) is 0.372. The second kappa shape index (κ2) is 6.62. The third-order valence-electron chi connectivity index (χ3n) is 3.37. The molecule has 0 saturated carbocycles. The molecule has 0 radical (unpaired) electrons. The fraction of sp³-hybridized carbons (Fsp3) is 0.462. The highest BCUT2D eigenvalue weighted by Crippen LogP contribution is 2.12. The van der Waals surface area contributed by atoms with E-state index in [1.54, 1.807) is 6.07 Å². The average Bonchev–Trinajstić information content (AvgIpc) is 2.45. The van der Waals surface area contributed by atoms with Crippen LogP contribution in [0.5, 0.6) is 0 Å². The van der Waals surface area contributed by atoms with Crippen LogP contribution in [-0.2, 0) is 6.54 Å². The standard InChI is InChI=1S/C13H18F2N4O/c14-11-2-1-10(7-12(11)15)8-18-3-5-19(6-4-18)9-13(16)17-20/h1-2,7,20H,3-6,8-9H2,(H2,16,17). The fourth-order valence-corrected chi connectivity index (χ4v) is 2.26. The molecule has 110 valence electrons. The molecule has 1 fully saturated rings. The van der Waals surface area contributed by atoms with Crippen LogP contribution in [0.3, 0.4) is 0 Å². The zero-order chi connectivity index (χ0) is 14.5. The van der Waals surface area contributed by atoms with Gasteiger partial charge in [0.25, 0.3) is 0 Å². The Morgan fingerprint density at radius 1 is 1.15 bits per heavy atom. The van der Waals surface area contributed by atoms with E-state index >= 15 is 0 Å². The lowest BCUT2D eigenvalue weighted by Gasteiger charge is -2.34. The molecule has 1 aliphatic heterocycles. The second-order valence-corrected chi connectivity index (χ2v) is 4.89. The molecule has 1 aromatic carbocycles. The SMILES string of the molecule is N/C(CN1CCN(Cc2ccc(F)c(F)c2)CC1)=N/O. The van der Waals surface area contributed by atoms with Gasteiger partial charge in [-0.25, -0.2) is 8.78 Å². The van der Waals surface area contributed by atoms with Gasteiger partial charge in [-0.15, -0.1) is 0 Å². The third kappa shape index (κ3) is 3.88. The highest BCUT2D eigenvalue weighted by Gasteiger charge is 2.18. The average molecular weight is 284 g/mol. The second-order valence-electron chi connectivity index (χ2n) is 4.89. The maximum absolute atomic E-state index is 13.1. The van der Waals surface area contributed by atoms with Gasteiger partial charge in [0.1, 0.15) is 0 Å². The predicted octanol–water partition coefficient (Wildman–Crippen LogP) is 0.829. The van der Waals surface area contributed by atoms with Gasteiger partial charge in [0.2, 0.25) is 0 Å². The van der Waals surface area contributed by atoms with Crippen molar-refractivity contribution in [3.63, 3.8) is 0 Å². The van der Waals surface area contributed by atoms with Crippen molar-refractivity contribution < 1.29 is 14.0 Å². The van der Waals surface area contributed by atoms with Crippen LogP contribution in [0, 0.1) is 11.6 Å². The largest absolute Gasteiger partial charge is 0.409 e. The number of halogens is 2. The summed E-state index contributed by atoms with van der Waals surface area (Å²) in [6, 6.07) is 3.98. The Balaban J connectivity index is 1.83. The summed E-state index contributed by atoms with van der Waals surface area (Å²) in [6.07, 6.45) is 0. The molecule has 1 heterocycles. The van der Waals surface area contributed by atoms with E-state index in [1.165, 1.54) is 6.07 Å². The first-order valence-corrected chi connectivity index (χ1v) is 6.43. The van der Waals surface area contributed by atoms with Gasteiger partial charge in [-0.05, 0) is 17.7 Å². The lowest BCUT2D eigenvalue weighted by atomic mass is 10.2. The Morgan fingerprint density at radius 2 is 1.80 bits per heavy atom. The van der Waals surface area contributed by atoms with E-state index in [1.807, 2.05) is 0 Å². The Kier molecular flexibility index (Phi) is 4.86. The smallest absolute Gasteiger partial charge is 0.159 e. The molecule has 0 unspecified atom stereocenters. The Labute approximate surface area is 116 Å². The lowest BCUT2D eigenvalue weighted by molar-refractivity contribution is 0.139. The van der Waals surface area contributed by atoms with E-state index in [-0.39, 0.29) is 5.84 Å². The Morgan fingerprint density at radius 3 is 2.40 bits per heavy atom. The van der Waals surface area contributed by atoms with Crippen LogP contribution in [0.1, 0.15) is 5.56 Å². The van der Waals surface area contributed by atoms with Crippen LogP contribution in [0.25, 0.3) is 0 Å². The number of nitrogens with zero attached hydrogens (tertiary/aromatic N) is 3. The topological polar surface area (TPSA) is 65.1 Å². The van der Waals surface area contributed by atoms with Crippen molar-refractivity contribution in [2.24, 2.45) is 10.9 Å². The molecule has 3 N–H and O–H groups in total. The molecule has 0 aromatic heterocycles. The summed E-state index contributed by atoms with van der Waals surface area (Å²) in [5, 5.41) is 11.5. The minimum Gasteiger partial charge on any atom is -0.409 e. The summed E-state index contributed by atoms with van der Waals surface area (Å²) in [5.41, 5.74) is 6.22. The van der Waals surface area contributed by atoms with Crippen LogP contribution < -0.4 is 5.73 Å². The monoisotopic (exact) mass is 284 g/mol. The van der Waals surface area contributed by atoms with Crippen molar-refractivity contribution in [3.05, 3.63) is 35.4 Å². The molecule has 1 aliphatic rings. The van der Waals surface area contributed by atoms with Gasteiger partial charge in [-0.3, -0.25) is 9.80 Å². The van der Waals surface area contributed by atoms with Crippen molar-refractivity contribution in [2.75, 3.05) is 32.7 Å². The first kappa shape index (κ1) is 14.7. The lowest BCUT2D eigenvalue weighted by Crippen LogP contribution is -2.48. The summed E-state index contributed by atoms with van der Waals surface area (Å²) < 4.78 is 26.0. The number of hydrogen-bond donors (Lipinski definition) is 2. The number of piperazine rings is 1. The number of rotatable bonds is 4. The van der Waals surface area contributed by atoms with Crippen LogP contribution in [-0.4, -0.2) is 53.6 Å². The maximum atomic E-state index is 13.1. The van der Waals surface area contributed by atoms with E-state index < -0.39 is 11.6 Å². The molecule has 7 heteroatoms. The molecule has 1 aromatic rings. The molecule has 0 spiro atoms. The summed E-state index contributed by atoms with van der Waals surface area (Å²) >= 11 is 0. The van der Waals surface area contributed by atoms with Crippen molar-refractivity contribution >= 4 is 5.84 Å². The van der Waals surface area contributed by atoms with Crippen molar-refractivity contribution in [3.8, 4) is 0 Å². The zero-order valence-electron chi connectivity index (χ0n) is 11.1. The minimum absolute atomic E-state index is 0.194. The van der Waals surface area contributed by atoms with Crippen LogP contribution in [0.4, 0.5) is 8.78 Å².